The van der Waals surface area contributed by atoms with Crippen molar-refractivity contribution in [1.82, 2.24) is 0 Å². The van der Waals surface area contributed by atoms with Gasteiger partial charge in [-0.25, -0.2) is 9.59 Å². The molecule has 0 radical (unpaired) electrons. The number of benzene rings is 3. The third-order valence-electron chi connectivity index (χ3n) is 7.13. The molecule has 1 aliphatic carbocycles. The van der Waals surface area contributed by atoms with Crippen LogP contribution in [0.3, 0.4) is 0 Å². The molecule has 1 fully saturated rings. The highest BCUT2D eigenvalue weighted by molar-refractivity contribution is 5.91. The summed E-state index contributed by atoms with van der Waals surface area (Å²) < 4.78 is 25.6. The van der Waals surface area contributed by atoms with E-state index in [1.807, 2.05) is 26.0 Å². The zero-order valence-electron chi connectivity index (χ0n) is 29.2. The van der Waals surface area contributed by atoms with Crippen LogP contribution in [-0.4, -0.2) is 58.6 Å². The number of rotatable bonds is 15. The number of hydrogen-bond donors (Lipinski definition) is 0. The Balaban J connectivity index is 0.000000357. The zero-order valence-corrected chi connectivity index (χ0v) is 29.2. The molecule has 1 saturated carbocycles. The predicted molar refractivity (Wildman–Crippen MR) is 192 cm³/mol. The smallest absolute Gasteiger partial charge is 0.343 e. The van der Waals surface area contributed by atoms with Gasteiger partial charge in [0.2, 0.25) is 0 Å². The largest absolute Gasteiger partial charge is 0.496 e. The number of allylic oxidation sites excluding steroid dienone is 1. The number of aldehydes is 2. The van der Waals surface area contributed by atoms with Gasteiger partial charge >= 0.3 is 11.9 Å². The van der Waals surface area contributed by atoms with E-state index in [0.29, 0.717) is 43.0 Å². The normalized spacial score (nSPS) is 11.2. The van der Waals surface area contributed by atoms with Crippen LogP contribution in [0.1, 0.15) is 70.4 Å². The second-order valence-corrected chi connectivity index (χ2v) is 11.0. The Morgan fingerprint density at radius 3 is 2.00 bits per heavy atom. The summed E-state index contributed by atoms with van der Waals surface area (Å²) >= 11 is 0. The van der Waals surface area contributed by atoms with Gasteiger partial charge in [0.25, 0.3) is 0 Å². The third kappa shape index (κ3) is 18.8. The number of methoxy groups -OCH3 is 2. The summed E-state index contributed by atoms with van der Waals surface area (Å²) in [5.41, 5.74) is 3.24. The fourth-order valence-electron chi connectivity index (χ4n) is 4.19. The lowest BCUT2D eigenvalue weighted by atomic mass is 9.82. The molecule has 0 saturated heterocycles. The highest BCUT2D eigenvalue weighted by atomic mass is 16.5. The first-order chi connectivity index (χ1) is 23.7. The molecule has 0 heterocycles. The number of carbonyl (C=O) groups excluding carboxylic acids is 4. The average molecular weight is 675 g/mol. The summed E-state index contributed by atoms with van der Waals surface area (Å²) in [4.78, 5) is 42.0. The Hall–Kier alpha value is -5.02. The minimum absolute atomic E-state index is 0.302. The molecular weight excluding hydrogens is 624 g/mol. The molecule has 9 heteroatoms. The molecule has 3 aromatic rings. The number of ether oxygens (including phenoxy) is 5. The molecule has 264 valence electrons. The maximum Gasteiger partial charge on any atom is 0.343 e. The van der Waals surface area contributed by atoms with Crippen LogP contribution in [-0.2, 0) is 19.1 Å². The van der Waals surface area contributed by atoms with Crippen LogP contribution in [0.4, 0.5) is 0 Å². The summed E-state index contributed by atoms with van der Waals surface area (Å²) in [6.07, 6.45) is 11.1. The number of esters is 2. The van der Waals surface area contributed by atoms with Crippen LogP contribution in [0.5, 0.6) is 17.2 Å². The summed E-state index contributed by atoms with van der Waals surface area (Å²) in [5.74, 6) is 2.33. The van der Waals surface area contributed by atoms with E-state index in [4.69, 9.17) is 28.5 Å². The lowest BCUT2D eigenvalue weighted by Crippen LogP contribution is -2.12. The van der Waals surface area contributed by atoms with Gasteiger partial charge < -0.3 is 23.7 Å². The Bertz CT molecular complexity index is 1400. The van der Waals surface area contributed by atoms with Crippen molar-refractivity contribution in [3.63, 3.8) is 0 Å². The van der Waals surface area contributed by atoms with Crippen molar-refractivity contribution < 1.29 is 42.9 Å². The monoisotopic (exact) mass is 674 g/mol. The van der Waals surface area contributed by atoms with Crippen molar-refractivity contribution >= 4 is 24.5 Å². The van der Waals surface area contributed by atoms with Crippen molar-refractivity contribution in [2.45, 2.75) is 52.4 Å². The van der Waals surface area contributed by atoms with E-state index in [2.05, 4.69) is 13.2 Å². The van der Waals surface area contributed by atoms with Gasteiger partial charge in [-0.15, -0.1) is 0 Å². The van der Waals surface area contributed by atoms with Crippen LogP contribution in [0.2, 0.25) is 0 Å². The first kappa shape index (κ1) is 42.0. The van der Waals surface area contributed by atoms with Gasteiger partial charge in [0, 0.05) is 31.8 Å². The lowest BCUT2D eigenvalue weighted by molar-refractivity contribution is -0.137. The van der Waals surface area contributed by atoms with Gasteiger partial charge in [-0.3, -0.25) is 9.59 Å². The molecule has 0 atom stereocenters. The van der Waals surface area contributed by atoms with E-state index in [0.717, 1.165) is 47.7 Å². The van der Waals surface area contributed by atoms with Crippen molar-refractivity contribution in [3.05, 3.63) is 114 Å². The van der Waals surface area contributed by atoms with Crippen molar-refractivity contribution in [1.29, 1.82) is 0 Å². The van der Waals surface area contributed by atoms with Crippen molar-refractivity contribution in [2.75, 3.05) is 34.0 Å². The summed E-state index contributed by atoms with van der Waals surface area (Å²) in [6.45, 7) is 12.2. The van der Waals surface area contributed by atoms with Gasteiger partial charge in [-0.2, -0.15) is 0 Å². The van der Waals surface area contributed by atoms with Crippen LogP contribution >= 0.6 is 0 Å². The minimum Gasteiger partial charge on any atom is -0.496 e. The Morgan fingerprint density at radius 2 is 1.49 bits per heavy atom. The Kier molecular flexibility index (Phi) is 22.3. The second kappa shape index (κ2) is 26.0. The van der Waals surface area contributed by atoms with E-state index in [1.165, 1.54) is 37.8 Å². The van der Waals surface area contributed by atoms with Crippen LogP contribution in [0.15, 0.2) is 92.0 Å². The van der Waals surface area contributed by atoms with Crippen LogP contribution in [0, 0.1) is 19.8 Å². The molecule has 0 bridgehead atoms. The highest BCUT2D eigenvalue weighted by Gasteiger charge is 2.16. The van der Waals surface area contributed by atoms with Gasteiger partial charge in [0.05, 0.1) is 25.9 Å². The number of aryl methyl sites for hydroxylation is 2. The Morgan fingerprint density at radius 1 is 0.837 bits per heavy atom. The quantitative estimate of drug-likeness (QED) is 0.0518. The van der Waals surface area contributed by atoms with Crippen LogP contribution in [0.25, 0.3) is 0 Å². The molecule has 4 rings (SSSR count). The topological polar surface area (TPSA) is 114 Å². The molecule has 49 heavy (non-hydrogen) atoms. The fraction of sp³-hybridized carbons (Fsp3) is 0.350. The van der Waals surface area contributed by atoms with E-state index < -0.39 is 0 Å². The Labute approximate surface area is 290 Å². The van der Waals surface area contributed by atoms with Crippen LogP contribution < -0.4 is 14.2 Å². The molecule has 9 nitrogen and oxygen atoms in total. The first-order valence-corrected chi connectivity index (χ1v) is 16.2. The lowest BCUT2D eigenvalue weighted by Gasteiger charge is -2.24. The molecule has 0 aromatic heterocycles. The van der Waals surface area contributed by atoms with Gasteiger partial charge in [-0.05, 0) is 98.8 Å². The molecule has 0 unspecified atom stereocenters. The molecular formula is C40H50O9. The molecule has 0 N–H and O–H groups in total. The minimum atomic E-state index is -0.357. The summed E-state index contributed by atoms with van der Waals surface area (Å²) in [6, 6.07) is 19.6. The van der Waals surface area contributed by atoms with E-state index in [1.54, 1.807) is 68.8 Å². The number of hydrogen-bond acceptors (Lipinski definition) is 9. The maximum absolute atomic E-state index is 11.9. The second-order valence-electron chi connectivity index (χ2n) is 11.0. The first-order valence-electron chi connectivity index (χ1n) is 16.2. The summed E-state index contributed by atoms with van der Waals surface area (Å²) in [7, 11) is 3.28. The SMILES string of the molecule is C=CC(=O)OCCCC1CCC1.C=CC=O.COCCCOc1ccc(C=O)cc1.COc1ccc(OC(=O)c2ccc(C)cc2)cc1C. The van der Waals surface area contributed by atoms with Gasteiger partial charge in [0.1, 0.15) is 29.8 Å². The average Bonchev–Trinajstić information content (AvgIpc) is 3.10. The summed E-state index contributed by atoms with van der Waals surface area (Å²) in [5, 5.41) is 0. The van der Waals surface area contributed by atoms with E-state index in [-0.39, 0.29) is 11.9 Å². The third-order valence-corrected chi connectivity index (χ3v) is 7.13. The maximum atomic E-state index is 11.9. The molecule has 1 aliphatic rings. The molecule has 0 amide bonds. The fourth-order valence-corrected chi connectivity index (χ4v) is 4.19. The van der Waals surface area contributed by atoms with Gasteiger partial charge in [0.15, 0.2) is 0 Å². The molecule has 0 spiro atoms. The molecule has 0 aliphatic heterocycles. The van der Waals surface area contributed by atoms with Crippen molar-refractivity contribution in [3.8, 4) is 17.2 Å². The van der Waals surface area contributed by atoms with Crippen molar-refractivity contribution in [2.24, 2.45) is 5.92 Å². The highest BCUT2D eigenvalue weighted by Crippen LogP contribution is 2.30. The standard InChI is InChI=1S/C16H16O3.C11H14O3.C10H16O2.C3H4O/c1-11-4-6-13(7-5-11)16(17)19-14-8-9-15(18-3)12(2)10-14;1-13-7-2-8-14-11-5-3-10(9-12)4-6-11;1-2-10(11)12-8-4-7-9-5-3-6-9;1-2-3-4/h4-10H,1-3H3;3-6,9H,2,7-8H2,1H3;2,9H,1,3-8H2;2-3H,1H2. The van der Waals surface area contributed by atoms with E-state index in [9.17, 15) is 14.4 Å². The van der Waals surface area contributed by atoms with Gasteiger partial charge in [-0.1, -0.05) is 50.1 Å². The zero-order chi connectivity index (χ0) is 36.3. The molecule has 3 aromatic carbocycles. The number of carbonyl (C=O) groups is 4. The predicted octanol–water partition coefficient (Wildman–Crippen LogP) is 8.11. The van der Waals surface area contributed by atoms with E-state index >= 15 is 0 Å².